The molecule has 5 nitrogen and oxygen atoms in total. The molecule has 2 aliphatic carbocycles. The van der Waals surface area contributed by atoms with Gasteiger partial charge < -0.3 is 5.32 Å². The molecule has 7 heteroatoms. The van der Waals surface area contributed by atoms with Gasteiger partial charge in [-0.25, -0.2) is 17.5 Å². The summed E-state index contributed by atoms with van der Waals surface area (Å²) >= 11 is 0. The van der Waals surface area contributed by atoms with E-state index in [1.807, 2.05) is 0 Å². The van der Waals surface area contributed by atoms with Gasteiger partial charge in [0, 0.05) is 5.69 Å². The van der Waals surface area contributed by atoms with Crippen molar-refractivity contribution in [3.05, 3.63) is 30.1 Å². The molecule has 2 saturated carbocycles. The summed E-state index contributed by atoms with van der Waals surface area (Å²) in [5.74, 6) is -0.0601. The minimum absolute atomic E-state index is 0.0794. The second-order valence-electron chi connectivity index (χ2n) is 6.78. The molecule has 1 amide bonds. The van der Waals surface area contributed by atoms with Gasteiger partial charge in [-0.1, -0.05) is 0 Å². The van der Waals surface area contributed by atoms with E-state index in [0.717, 1.165) is 32.1 Å². The zero-order chi connectivity index (χ0) is 16.5. The first-order valence-corrected chi connectivity index (χ1v) is 9.54. The first kappa shape index (κ1) is 16.4. The van der Waals surface area contributed by atoms with Crippen molar-refractivity contribution in [3.8, 4) is 0 Å². The average Bonchev–Trinajstić information content (AvgIpc) is 3.07. The molecular weight excluding hydrogens is 319 g/mol. The molecule has 0 aliphatic heterocycles. The maximum atomic E-state index is 12.8. The summed E-state index contributed by atoms with van der Waals surface area (Å²) in [5.41, 5.74) is 0.354. The third-order valence-electron chi connectivity index (χ3n) is 4.96. The molecule has 126 valence electrons. The van der Waals surface area contributed by atoms with Crippen molar-refractivity contribution in [2.24, 2.45) is 11.3 Å². The minimum atomic E-state index is -3.47. The lowest BCUT2D eigenvalue weighted by Crippen LogP contribution is -2.38. The van der Waals surface area contributed by atoms with Crippen LogP contribution in [0.15, 0.2) is 24.3 Å². The monoisotopic (exact) mass is 340 g/mol. The number of hydrogen-bond donors (Lipinski definition) is 2. The fourth-order valence-corrected chi connectivity index (χ4v) is 5.55. The molecule has 2 bridgehead atoms. The molecule has 0 unspecified atom stereocenters. The summed E-state index contributed by atoms with van der Waals surface area (Å²) in [4.78, 5) is 11.8. The van der Waals surface area contributed by atoms with Crippen molar-refractivity contribution in [2.75, 3.05) is 17.6 Å². The van der Waals surface area contributed by atoms with Crippen LogP contribution < -0.4 is 10.0 Å². The van der Waals surface area contributed by atoms with Crippen molar-refractivity contribution < 1.29 is 17.6 Å². The van der Waals surface area contributed by atoms with E-state index in [1.54, 1.807) is 0 Å². The topological polar surface area (TPSA) is 75.3 Å². The number of sulfonamides is 1. The van der Waals surface area contributed by atoms with Gasteiger partial charge >= 0.3 is 0 Å². The van der Waals surface area contributed by atoms with Gasteiger partial charge in [0.1, 0.15) is 5.82 Å². The highest BCUT2D eigenvalue weighted by atomic mass is 32.2. The second-order valence-corrected chi connectivity index (χ2v) is 8.59. The van der Waals surface area contributed by atoms with E-state index in [9.17, 15) is 17.6 Å². The Kier molecular flexibility index (Phi) is 4.42. The first-order valence-electron chi connectivity index (χ1n) is 7.89. The number of halogens is 1. The molecule has 1 aromatic rings. The Balaban J connectivity index is 1.50. The van der Waals surface area contributed by atoms with Crippen LogP contribution in [0.3, 0.4) is 0 Å². The summed E-state index contributed by atoms with van der Waals surface area (Å²) in [6.45, 7) is -0.306. The lowest BCUT2D eigenvalue weighted by molar-refractivity contribution is -0.115. The molecule has 2 N–H and O–H groups in total. The lowest BCUT2D eigenvalue weighted by Gasteiger charge is -2.25. The van der Waals surface area contributed by atoms with Crippen LogP contribution in [-0.2, 0) is 14.8 Å². The number of nitrogens with one attached hydrogen (secondary N) is 2. The van der Waals surface area contributed by atoms with E-state index >= 15 is 0 Å². The maximum Gasteiger partial charge on any atom is 0.239 e. The number of anilines is 1. The molecule has 0 aromatic heterocycles. The van der Waals surface area contributed by atoms with Crippen LogP contribution in [0, 0.1) is 17.2 Å². The van der Waals surface area contributed by atoms with E-state index in [0.29, 0.717) is 11.6 Å². The predicted octanol–water partition coefficient (Wildman–Crippen LogP) is 2.26. The van der Waals surface area contributed by atoms with Gasteiger partial charge in [-0.2, -0.15) is 0 Å². The average molecular weight is 340 g/mol. The predicted molar refractivity (Wildman–Crippen MR) is 85.8 cm³/mol. The number of hydrogen-bond acceptors (Lipinski definition) is 3. The van der Waals surface area contributed by atoms with Gasteiger partial charge in [0.15, 0.2) is 0 Å². The Morgan fingerprint density at radius 3 is 2.43 bits per heavy atom. The van der Waals surface area contributed by atoms with Crippen molar-refractivity contribution >= 4 is 21.6 Å². The van der Waals surface area contributed by atoms with Crippen LogP contribution in [-0.4, -0.2) is 26.6 Å². The summed E-state index contributed by atoms with van der Waals surface area (Å²) < 4.78 is 39.6. The Morgan fingerprint density at radius 1 is 1.22 bits per heavy atom. The number of fused-ring (bicyclic) bond motifs is 2. The van der Waals surface area contributed by atoms with Gasteiger partial charge in [-0.05, 0) is 67.7 Å². The SMILES string of the molecule is O=C(CNS(=O)(=O)CC12CCC(CC1)C2)Nc1ccc(F)cc1. The summed E-state index contributed by atoms with van der Waals surface area (Å²) in [6.07, 6.45) is 5.19. The number of carbonyl (C=O) groups excluding carboxylic acids is 1. The van der Waals surface area contributed by atoms with Crippen LogP contribution in [0.2, 0.25) is 0 Å². The largest absolute Gasteiger partial charge is 0.325 e. The molecule has 1 aromatic carbocycles. The van der Waals surface area contributed by atoms with Gasteiger partial charge in [-0.3, -0.25) is 4.79 Å². The van der Waals surface area contributed by atoms with Crippen LogP contribution in [0.25, 0.3) is 0 Å². The third-order valence-corrected chi connectivity index (χ3v) is 6.54. The van der Waals surface area contributed by atoms with E-state index in [1.165, 1.54) is 24.3 Å². The van der Waals surface area contributed by atoms with Crippen LogP contribution in [0.4, 0.5) is 10.1 Å². The van der Waals surface area contributed by atoms with Crippen molar-refractivity contribution in [1.82, 2.24) is 4.72 Å². The quantitative estimate of drug-likeness (QED) is 0.834. The molecule has 0 spiro atoms. The van der Waals surface area contributed by atoms with Crippen molar-refractivity contribution in [2.45, 2.75) is 32.1 Å². The molecule has 0 heterocycles. The smallest absolute Gasteiger partial charge is 0.239 e. The Bertz CT molecular complexity index is 680. The number of amides is 1. The molecule has 2 fully saturated rings. The third kappa shape index (κ3) is 4.09. The van der Waals surface area contributed by atoms with E-state index < -0.39 is 21.7 Å². The van der Waals surface area contributed by atoms with Gasteiger partial charge in [0.05, 0.1) is 12.3 Å². The Labute approximate surface area is 135 Å². The van der Waals surface area contributed by atoms with E-state index in [4.69, 9.17) is 0 Å². The maximum absolute atomic E-state index is 12.8. The molecule has 0 saturated heterocycles. The highest BCUT2D eigenvalue weighted by Crippen LogP contribution is 2.54. The number of rotatable bonds is 6. The summed E-state index contributed by atoms with van der Waals surface area (Å²) in [5, 5.41) is 2.53. The van der Waals surface area contributed by atoms with E-state index in [-0.39, 0.29) is 17.7 Å². The molecule has 0 atom stereocenters. The standard InChI is InChI=1S/C16H21FN2O3S/c17-13-1-3-14(4-2-13)19-15(20)10-18-23(21,22)11-16-7-5-12(9-16)6-8-16/h1-4,12,18H,5-11H2,(H,19,20). The van der Waals surface area contributed by atoms with Crippen LogP contribution >= 0.6 is 0 Å². The minimum Gasteiger partial charge on any atom is -0.325 e. The van der Waals surface area contributed by atoms with Crippen molar-refractivity contribution in [3.63, 3.8) is 0 Å². The van der Waals surface area contributed by atoms with Gasteiger partial charge in [-0.15, -0.1) is 0 Å². The zero-order valence-corrected chi connectivity index (χ0v) is 13.7. The first-order chi connectivity index (χ1) is 10.9. The van der Waals surface area contributed by atoms with Crippen LogP contribution in [0.1, 0.15) is 32.1 Å². The van der Waals surface area contributed by atoms with Gasteiger partial charge in [0.2, 0.25) is 15.9 Å². The highest BCUT2D eigenvalue weighted by molar-refractivity contribution is 7.89. The summed E-state index contributed by atoms with van der Waals surface area (Å²) in [6, 6.07) is 5.32. The normalized spacial score (nSPS) is 26.4. The Morgan fingerprint density at radius 2 is 1.87 bits per heavy atom. The van der Waals surface area contributed by atoms with Crippen molar-refractivity contribution in [1.29, 1.82) is 0 Å². The molecular formula is C16H21FN2O3S. The fraction of sp³-hybridized carbons (Fsp3) is 0.562. The molecule has 3 rings (SSSR count). The highest BCUT2D eigenvalue weighted by Gasteiger charge is 2.47. The number of carbonyl (C=O) groups is 1. The molecule has 0 radical (unpaired) electrons. The molecule has 23 heavy (non-hydrogen) atoms. The lowest BCUT2D eigenvalue weighted by atomic mass is 9.87. The Hall–Kier alpha value is -1.47. The van der Waals surface area contributed by atoms with Crippen LogP contribution in [0.5, 0.6) is 0 Å². The fourth-order valence-electron chi connectivity index (χ4n) is 3.88. The van der Waals surface area contributed by atoms with Gasteiger partial charge in [0.25, 0.3) is 0 Å². The van der Waals surface area contributed by atoms with E-state index in [2.05, 4.69) is 10.0 Å². The molecule has 2 aliphatic rings. The summed E-state index contributed by atoms with van der Waals surface area (Å²) in [7, 11) is -3.47. The number of benzene rings is 1. The zero-order valence-electron chi connectivity index (χ0n) is 12.8. The second kappa shape index (κ2) is 6.20.